The molecule has 1 fully saturated rings. The Hall–Kier alpha value is -1.90. The molecule has 2 heterocycles. The molecule has 0 unspecified atom stereocenters. The molecule has 3 rings (SSSR count). The van der Waals surface area contributed by atoms with Crippen LogP contribution in [0.1, 0.15) is 19.3 Å². The third kappa shape index (κ3) is 4.14. The number of nitrogens with two attached hydrogens (primary N) is 1. The molecule has 0 atom stereocenters. The number of aromatic amines is 1. The van der Waals surface area contributed by atoms with Crippen LogP contribution in [0.4, 0.5) is 5.69 Å². The molecule has 0 bridgehead atoms. The van der Waals surface area contributed by atoms with Crippen molar-refractivity contribution in [1.82, 2.24) is 9.71 Å². The minimum Gasteiger partial charge on any atom is -0.371 e. The van der Waals surface area contributed by atoms with Crippen molar-refractivity contribution < 1.29 is 8.42 Å². The Morgan fingerprint density at radius 2 is 1.96 bits per heavy atom. The van der Waals surface area contributed by atoms with E-state index in [1.54, 1.807) is 6.07 Å². The molecule has 1 aliphatic heterocycles. The number of anilines is 1. The summed E-state index contributed by atoms with van der Waals surface area (Å²) in [6.45, 7) is 2.08. The Morgan fingerprint density at radius 3 is 2.67 bits per heavy atom. The Balaban J connectivity index is 1.66. The summed E-state index contributed by atoms with van der Waals surface area (Å²) in [4.78, 5) is 17.0. The summed E-state index contributed by atoms with van der Waals surface area (Å²) in [6.07, 6.45) is 2.71. The second-order valence-corrected chi connectivity index (χ2v) is 7.60. The van der Waals surface area contributed by atoms with Crippen LogP contribution in [0.5, 0.6) is 0 Å². The summed E-state index contributed by atoms with van der Waals surface area (Å²) in [7, 11) is -3.61. The summed E-state index contributed by atoms with van der Waals surface area (Å²) in [5.74, 6) is 0.462. The van der Waals surface area contributed by atoms with E-state index in [9.17, 15) is 13.2 Å². The van der Waals surface area contributed by atoms with Crippen LogP contribution in [0.25, 0.3) is 10.9 Å². The molecular weight excluding hydrogens is 328 g/mol. The van der Waals surface area contributed by atoms with Crippen LogP contribution in [0, 0.1) is 5.92 Å². The Labute approximate surface area is 141 Å². The van der Waals surface area contributed by atoms with E-state index in [4.69, 9.17) is 5.14 Å². The quantitative estimate of drug-likeness (QED) is 0.745. The van der Waals surface area contributed by atoms with E-state index in [0.717, 1.165) is 48.9 Å². The normalized spacial score (nSPS) is 16.6. The molecule has 0 aliphatic carbocycles. The van der Waals surface area contributed by atoms with E-state index < -0.39 is 10.2 Å². The zero-order valence-electron chi connectivity index (χ0n) is 13.4. The van der Waals surface area contributed by atoms with Gasteiger partial charge in [-0.2, -0.15) is 8.42 Å². The molecule has 4 N–H and O–H groups in total. The van der Waals surface area contributed by atoms with E-state index in [-0.39, 0.29) is 5.56 Å². The van der Waals surface area contributed by atoms with Gasteiger partial charge in [0.2, 0.25) is 5.56 Å². The van der Waals surface area contributed by atoms with Gasteiger partial charge in [-0.3, -0.25) is 4.79 Å². The summed E-state index contributed by atoms with van der Waals surface area (Å²) in [5.41, 5.74) is 1.72. The minimum absolute atomic E-state index is 0.0943. The number of fused-ring (bicyclic) bond motifs is 1. The van der Waals surface area contributed by atoms with Crippen LogP contribution in [-0.4, -0.2) is 33.0 Å². The number of pyridine rings is 1. The Kier molecular flexibility index (Phi) is 4.88. The first-order chi connectivity index (χ1) is 11.4. The zero-order chi connectivity index (χ0) is 17.2. The Bertz CT molecular complexity index is 870. The molecule has 1 aromatic heterocycles. The van der Waals surface area contributed by atoms with E-state index in [0.29, 0.717) is 12.5 Å². The maximum Gasteiger partial charge on any atom is 0.274 e. The number of rotatable bonds is 5. The lowest BCUT2D eigenvalue weighted by Crippen LogP contribution is -2.37. The van der Waals surface area contributed by atoms with Crippen LogP contribution >= 0.6 is 0 Å². The smallest absolute Gasteiger partial charge is 0.274 e. The number of nitrogens with zero attached hydrogens (tertiary/aromatic N) is 1. The molecule has 2 aromatic rings. The number of nitrogens with one attached hydrogen (secondary N) is 2. The SMILES string of the molecule is NS(=O)(=O)NCCC1CCN(c2cc(=O)[nH]c3ccccc23)CC1. The van der Waals surface area contributed by atoms with E-state index in [2.05, 4.69) is 14.6 Å². The fourth-order valence-corrected chi connectivity index (χ4v) is 3.72. The lowest BCUT2D eigenvalue weighted by molar-refractivity contribution is 0.382. The Morgan fingerprint density at radius 1 is 1.25 bits per heavy atom. The molecule has 7 nitrogen and oxygen atoms in total. The van der Waals surface area contributed by atoms with Crippen molar-refractivity contribution >= 4 is 26.8 Å². The van der Waals surface area contributed by atoms with Gasteiger partial charge in [0.15, 0.2) is 0 Å². The molecule has 130 valence electrons. The first-order valence-corrected chi connectivity index (χ1v) is 9.61. The van der Waals surface area contributed by atoms with Crippen molar-refractivity contribution in [2.45, 2.75) is 19.3 Å². The van der Waals surface area contributed by atoms with Crippen LogP contribution < -0.4 is 20.3 Å². The number of hydrogen-bond acceptors (Lipinski definition) is 4. The average molecular weight is 350 g/mol. The van der Waals surface area contributed by atoms with Crippen molar-refractivity contribution in [1.29, 1.82) is 0 Å². The summed E-state index contributed by atoms with van der Waals surface area (Å²) in [5, 5.41) is 5.98. The van der Waals surface area contributed by atoms with Gasteiger partial charge in [0.05, 0.1) is 11.2 Å². The van der Waals surface area contributed by atoms with E-state index >= 15 is 0 Å². The number of hydrogen-bond donors (Lipinski definition) is 3. The third-order valence-corrected chi connectivity index (χ3v) is 5.15. The van der Waals surface area contributed by atoms with Gasteiger partial charge >= 0.3 is 0 Å². The molecule has 1 saturated heterocycles. The van der Waals surface area contributed by atoms with Crippen molar-refractivity contribution in [3.05, 3.63) is 40.7 Å². The third-order valence-electron chi connectivity index (χ3n) is 4.54. The van der Waals surface area contributed by atoms with E-state index in [1.165, 1.54) is 0 Å². The maximum atomic E-state index is 11.9. The number of aromatic nitrogens is 1. The first kappa shape index (κ1) is 16.9. The standard InChI is InChI=1S/C16H22N4O3S/c17-24(22,23)18-8-5-12-6-9-20(10-7-12)15-11-16(21)19-14-4-2-1-3-13(14)15/h1-4,11-12,18H,5-10H2,(H,19,21)(H2,17,22,23). The molecule has 8 heteroatoms. The summed E-state index contributed by atoms with van der Waals surface area (Å²) in [6, 6.07) is 9.46. The monoisotopic (exact) mass is 350 g/mol. The van der Waals surface area contributed by atoms with Crippen molar-refractivity contribution in [3.8, 4) is 0 Å². The van der Waals surface area contributed by atoms with Gasteiger partial charge in [-0.05, 0) is 31.2 Å². The molecule has 0 radical (unpaired) electrons. The number of H-pyrrole nitrogens is 1. The molecular formula is C16H22N4O3S. The highest BCUT2D eigenvalue weighted by molar-refractivity contribution is 7.87. The fraction of sp³-hybridized carbons (Fsp3) is 0.438. The highest BCUT2D eigenvalue weighted by Crippen LogP contribution is 2.29. The maximum absolute atomic E-state index is 11.9. The first-order valence-electron chi connectivity index (χ1n) is 8.07. The van der Waals surface area contributed by atoms with Gasteiger partial charge in [0.25, 0.3) is 10.2 Å². The van der Waals surface area contributed by atoms with Gasteiger partial charge in [0, 0.05) is 31.1 Å². The highest BCUT2D eigenvalue weighted by Gasteiger charge is 2.21. The molecule has 0 saturated carbocycles. The lowest BCUT2D eigenvalue weighted by atomic mass is 9.93. The molecule has 1 aliphatic rings. The molecule has 0 spiro atoms. The second-order valence-electron chi connectivity index (χ2n) is 6.22. The topological polar surface area (TPSA) is 108 Å². The lowest BCUT2D eigenvalue weighted by Gasteiger charge is -2.34. The van der Waals surface area contributed by atoms with Gasteiger partial charge < -0.3 is 9.88 Å². The van der Waals surface area contributed by atoms with Crippen molar-refractivity contribution in [2.24, 2.45) is 11.1 Å². The second kappa shape index (κ2) is 6.92. The van der Waals surface area contributed by atoms with Gasteiger partial charge in [-0.1, -0.05) is 18.2 Å². The minimum atomic E-state index is -3.61. The van der Waals surface area contributed by atoms with E-state index in [1.807, 2.05) is 24.3 Å². The van der Waals surface area contributed by atoms with Crippen molar-refractivity contribution in [2.75, 3.05) is 24.5 Å². The van der Waals surface area contributed by atoms with Crippen LogP contribution in [0.15, 0.2) is 35.1 Å². The fourth-order valence-electron chi connectivity index (χ4n) is 3.32. The average Bonchev–Trinajstić information content (AvgIpc) is 2.53. The predicted molar refractivity (Wildman–Crippen MR) is 95.2 cm³/mol. The highest BCUT2D eigenvalue weighted by atomic mass is 32.2. The zero-order valence-corrected chi connectivity index (χ0v) is 14.2. The largest absolute Gasteiger partial charge is 0.371 e. The van der Waals surface area contributed by atoms with Gasteiger partial charge in [-0.15, -0.1) is 0 Å². The van der Waals surface area contributed by atoms with Crippen LogP contribution in [0.3, 0.4) is 0 Å². The number of para-hydroxylation sites is 1. The molecule has 1 aromatic carbocycles. The summed E-state index contributed by atoms with van der Waals surface area (Å²) < 4.78 is 24.1. The van der Waals surface area contributed by atoms with Gasteiger partial charge in [0.1, 0.15) is 0 Å². The van der Waals surface area contributed by atoms with Gasteiger partial charge in [-0.25, -0.2) is 9.86 Å². The number of benzene rings is 1. The predicted octanol–water partition coefficient (Wildman–Crippen LogP) is 0.928. The molecule has 24 heavy (non-hydrogen) atoms. The number of piperidine rings is 1. The summed E-state index contributed by atoms with van der Waals surface area (Å²) >= 11 is 0. The van der Waals surface area contributed by atoms with Crippen molar-refractivity contribution in [3.63, 3.8) is 0 Å². The molecule has 0 amide bonds. The van der Waals surface area contributed by atoms with Crippen LogP contribution in [-0.2, 0) is 10.2 Å². The van der Waals surface area contributed by atoms with Crippen LogP contribution in [0.2, 0.25) is 0 Å².